The molecule has 0 heterocycles. The maximum Gasteiger partial charge on any atom is 0.322 e. The van der Waals surface area contributed by atoms with E-state index >= 15 is 0 Å². The molecule has 290 valence electrons. The van der Waals surface area contributed by atoms with Gasteiger partial charge in [0.25, 0.3) is 0 Å². The summed E-state index contributed by atoms with van der Waals surface area (Å²) >= 11 is 0. The first-order valence-corrected chi connectivity index (χ1v) is 20.0. The van der Waals surface area contributed by atoms with Crippen LogP contribution in [0.1, 0.15) is 149 Å². The lowest BCUT2D eigenvalue weighted by Crippen LogP contribution is -2.28. The quantitative estimate of drug-likeness (QED) is 0.0393. The van der Waals surface area contributed by atoms with Gasteiger partial charge in [-0.1, -0.05) is 143 Å². The molecule has 1 amide bonds. The zero-order valence-corrected chi connectivity index (χ0v) is 32.6. The van der Waals surface area contributed by atoms with Gasteiger partial charge in [-0.3, -0.25) is 14.4 Å². The van der Waals surface area contributed by atoms with Gasteiger partial charge < -0.3 is 15.2 Å². The molecule has 0 saturated carbocycles. The lowest BCUT2D eigenvalue weighted by atomic mass is 10.1. The lowest BCUT2D eigenvalue weighted by Gasteiger charge is -2.14. The Morgan fingerprint density at radius 2 is 0.942 bits per heavy atom. The molecule has 0 fully saturated rings. The molecule has 0 radical (unpaired) electrons. The largest absolute Gasteiger partial charge is 0.480 e. The molecule has 0 aliphatic rings. The molecule has 0 aromatic rings. The molecule has 6 nitrogen and oxygen atoms in total. The molecular formula is C46H71NO5. The molecular weight excluding hydrogens is 647 g/mol. The third kappa shape index (κ3) is 38.9. The van der Waals surface area contributed by atoms with Crippen molar-refractivity contribution in [3.8, 4) is 0 Å². The van der Waals surface area contributed by atoms with Crippen molar-refractivity contribution >= 4 is 17.8 Å². The number of carboxylic acid groups (broad SMARTS) is 1. The summed E-state index contributed by atoms with van der Waals surface area (Å²) in [6.45, 7) is 3.92. The van der Waals surface area contributed by atoms with Crippen LogP contribution in [-0.4, -0.2) is 35.6 Å². The number of hydrogen-bond acceptors (Lipinski definition) is 4. The van der Waals surface area contributed by atoms with E-state index in [1.807, 2.05) is 12.2 Å². The Morgan fingerprint density at radius 1 is 0.519 bits per heavy atom. The highest BCUT2D eigenvalue weighted by Crippen LogP contribution is 2.14. The van der Waals surface area contributed by atoms with Crippen LogP contribution in [0.5, 0.6) is 0 Å². The van der Waals surface area contributed by atoms with Gasteiger partial charge in [0, 0.05) is 12.8 Å². The van der Waals surface area contributed by atoms with E-state index in [0.29, 0.717) is 25.7 Å². The Balaban J connectivity index is 4.34. The van der Waals surface area contributed by atoms with Crippen molar-refractivity contribution in [1.29, 1.82) is 0 Å². The average molecular weight is 718 g/mol. The molecule has 2 N–H and O–H groups in total. The minimum atomic E-state index is -1.06. The first-order valence-electron chi connectivity index (χ1n) is 20.0. The van der Waals surface area contributed by atoms with E-state index in [4.69, 9.17) is 9.84 Å². The molecule has 0 aliphatic heterocycles. The van der Waals surface area contributed by atoms with E-state index < -0.39 is 5.97 Å². The minimum Gasteiger partial charge on any atom is -0.480 e. The fourth-order valence-corrected chi connectivity index (χ4v) is 5.04. The Kier molecular flexibility index (Phi) is 36.8. The highest BCUT2D eigenvalue weighted by atomic mass is 16.5. The van der Waals surface area contributed by atoms with Crippen LogP contribution in [0.3, 0.4) is 0 Å². The van der Waals surface area contributed by atoms with E-state index in [1.165, 1.54) is 19.3 Å². The summed E-state index contributed by atoms with van der Waals surface area (Å²) in [4.78, 5) is 35.1. The van der Waals surface area contributed by atoms with Gasteiger partial charge in [-0.15, -0.1) is 0 Å². The fraction of sp³-hybridized carbons (Fsp3) is 0.543. The molecule has 6 heteroatoms. The zero-order valence-electron chi connectivity index (χ0n) is 32.6. The number of amides is 1. The van der Waals surface area contributed by atoms with Gasteiger partial charge >= 0.3 is 11.9 Å². The molecule has 0 spiro atoms. The predicted molar refractivity (Wildman–Crippen MR) is 221 cm³/mol. The number of rotatable bonds is 34. The number of nitrogens with one attached hydrogen (secondary N) is 1. The normalized spacial score (nSPS) is 13.3. The smallest absolute Gasteiger partial charge is 0.322 e. The summed E-state index contributed by atoms with van der Waals surface area (Å²) in [6.07, 6.45) is 57.8. The van der Waals surface area contributed by atoms with Gasteiger partial charge in [0.2, 0.25) is 5.91 Å². The summed E-state index contributed by atoms with van der Waals surface area (Å²) in [7, 11) is 0. The molecule has 0 aromatic carbocycles. The van der Waals surface area contributed by atoms with Crippen molar-refractivity contribution in [3.63, 3.8) is 0 Å². The van der Waals surface area contributed by atoms with Gasteiger partial charge in [-0.25, -0.2) is 0 Å². The standard InChI is InChI=1S/C46H71NO5/c1-3-5-7-9-11-13-15-17-19-20-21-22-23-25-27-29-31-33-35-41-46(51)52-43(39-36-37-40-44(48)47-42-45(49)50)38-34-32-30-28-26-24-18-16-14-12-10-8-6-4-2/h5-8,11-14,17-19,21-22,24,28,30,34,38,43H,3-4,9-10,15-16,20,23,25-27,29,31-33,35-37,39-42H2,1-2H3,(H,47,48)(H,49,50)/b7-5-,8-6-,13-11-,14-12-,19-17-,22-21-,24-18-,30-28-,38-34-. The van der Waals surface area contributed by atoms with Crippen LogP contribution in [0.15, 0.2) is 109 Å². The number of aliphatic carboxylic acids is 1. The van der Waals surface area contributed by atoms with Gasteiger partial charge in [-0.2, -0.15) is 0 Å². The van der Waals surface area contributed by atoms with Crippen molar-refractivity contribution in [2.75, 3.05) is 6.54 Å². The number of esters is 1. The average Bonchev–Trinajstić information content (AvgIpc) is 3.13. The second-order valence-electron chi connectivity index (χ2n) is 12.8. The number of carbonyl (C=O) groups excluding carboxylic acids is 2. The number of unbranched alkanes of at least 4 members (excludes halogenated alkanes) is 7. The summed E-state index contributed by atoms with van der Waals surface area (Å²) in [5.74, 6) is -1.51. The molecule has 0 aliphatic carbocycles. The first kappa shape index (κ1) is 48.1. The van der Waals surface area contributed by atoms with Gasteiger partial charge in [0.05, 0.1) is 0 Å². The summed E-state index contributed by atoms with van der Waals surface area (Å²) in [5, 5.41) is 11.1. The Morgan fingerprint density at radius 3 is 1.44 bits per heavy atom. The van der Waals surface area contributed by atoms with Crippen molar-refractivity contribution in [2.45, 2.75) is 155 Å². The number of carboxylic acids is 1. The Labute approximate surface area is 317 Å². The van der Waals surface area contributed by atoms with E-state index in [-0.39, 0.29) is 30.9 Å². The molecule has 0 rings (SSSR count). The molecule has 0 aromatic heterocycles. The Bertz CT molecular complexity index is 1150. The van der Waals surface area contributed by atoms with Crippen LogP contribution in [0.25, 0.3) is 0 Å². The maximum absolute atomic E-state index is 12.7. The van der Waals surface area contributed by atoms with Crippen LogP contribution < -0.4 is 5.32 Å². The SMILES string of the molecule is CC/C=C\C/C=C\C/C=C\C/C=C\C/C=C\C(CCCCC(=O)NCC(=O)O)OC(=O)CCCCCCCC/C=C\C/C=C\C/C=C\C/C=C\CC. The number of hydrogen-bond donors (Lipinski definition) is 2. The van der Waals surface area contributed by atoms with Crippen molar-refractivity contribution in [1.82, 2.24) is 5.32 Å². The van der Waals surface area contributed by atoms with Crippen LogP contribution in [0, 0.1) is 0 Å². The highest BCUT2D eigenvalue weighted by molar-refractivity contribution is 5.81. The highest BCUT2D eigenvalue weighted by Gasteiger charge is 2.12. The van der Waals surface area contributed by atoms with E-state index in [2.05, 4.69) is 116 Å². The Hall–Kier alpha value is -3.93. The second-order valence-corrected chi connectivity index (χ2v) is 12.8. The summed E-state index contributed by atoms with van der Waals surface area (Å²) < 4.78 is 5.82. The van der Waals surface area contributed by atoms with Gasteiger partial charge in [-0.05, 0) is 102 Å². The molecule has 0 saturated heterocycles. The number of carbonyl (C=O) groups is 3. The van der Waals surface area contributed by atoms with Gasteiger partial charge in [0.1, 0.15) is 12.6 Å². The second kappa shape index (κ2) is 39.8. The van der Waals surface area contributed by atoms with E-state index in [1.54, 1.807) is 0 Å². The van der Waals surface area contributed by atoms with Crippen LogP contribution >= 0.6 is 0 Å². The topological polar surface area (TPSA) is 92.7 Å². The third-order valence-corrected chi connectivity index (χ3v) is 7.92. The predicted octanol–water partition coefficient (Wildman–Crippen LogP) is 12.3. The monoisotopic (exact) mass is 718 g/mol. The number of ether oxygens (including phenoxy) is 1. The first-order chi connectivity index (χ1) is 25.5. The molecule has 0 bridgehead atoms. The van der Waals surface area contributed by atoms with Crippen molar-refractivity contribution in [2.24, 2.45) is 0 Å². The van der Waals surface area contributed by atoms with Gasteiger partial charge in [0.15, 0.2) is 0 Å². The van der Waals surface area contributed by atoms with Crippen molar-refractivity contribution < 1.29 is 24.2 Å². The van der Waals surface area contributed by atoms with Crippen molar-refractivity contribution in [3.05, 3.63) is 109 Å². The molecule has 1 unspecified atom stereocenters. The van der Waals surface area contributed by atoms with Crippen LogP contribution in [-0.2, 0) is 19.1 Å². The van der Waals surface area contributed by atoms with Crippen LogP contribution in [0.4, 0.5) is 0 Å². The maximum atomic E-state index is 12.7. The summed E-state index contributed by atoms with van der Waals surface area (Å²) in [6, 6.07) is 0. The van der Waals surface area contributed by atoms with E-state index in [0.717, 1.165) is 83.5 Å². The molecule has 52 heavy (non-hydrogen) atoms. The lowest BCUT2D eigenvalue weighted by molar-refractivity contribution is -0.147. The number of allylic oxidation sites excluding steroid dienone is 17. The third-order valence-electron chi connectivity index (χ3n) is 7.92. The van der Waals surface area contributed by atoms with Crippen LogP contribution in [0.2, 0.25) is 0 Å². The fourth-order valence-electron chi connectivity index (χ4n) is 5.04. The molecule has 1 atom stereocenters. The van der Waals surface area contributed by atoms with E-state index in [9.17, 15) is 14.4 Å². The zero-order chi connectivity index (χ0) is 38.0. The summed E-state index contributed by atoms with van der Waals surface area (Å²) in [5.41, 5.74) is 0. The minimum absolute atomic E-state index is 0.177.